The summed E-state index contributed by atoms with van der Waals surface area (Å²) in [6, 6.07) is 11.3. The molecule has 0 saturated carbocycles. The van der Waals surface area contributed by atoms with Gasteiger partial charge in [0, 0.05) is 17.5 Å². The van der Waals surface area contributed by atoms with Crippen molar-refractivity contribution in [2.45, 2.75) is 12.8 Å². The van der Waals surface area contributed by atoms with Crippen molar-refractivity contribution in [2.24, 2.45) is 5.16 Å². The smallest absolute Gasteiger partial charge is 0.303 e. The van der Waals surface area contributed by atoms with Gasteiger partial charge < -0.3 is 15.1 Å². The molecule has 0 unspecified atom stereocenters. The Morgan fingerprint density at radius 2 is 1.87 bits per heavy atom. The molecule has 0 radical (unpaired) electrons. The second-order valence-corrected chi connectivity index (χ2v) is 4.86. The Morgan fingerprint density at radius 1 is 1.17 bits per heavy atom. The summed E-state index contributed by atoms with van der Waals surface area (Å²) in [6.07, 6.45) is -0.172. The van der Waals surface area contributed by atoms with Crippen LogP contribution in [0.3, 0.4) is 0 Å². The maximum atomic E-state index is 14.3. The number of carboxylic acid groups (broad SMARTS) is 1. The van der Waals surface area contributed by atoms with E-state index in [0.717, 1.165) is 0 Å². The van der Waals surface area contributed by atoms with Crippen LogP contribution in [0.15, 0.2) is 47.6 Å². The summed E-state index contributed by atoms with van der Waals surface area (Å²) in [7, 11) is 1.55. The van der Waals surface area contributed by atoms with E-state index in [4.69, 9.17) is 15.1 Å². The van der Waals surface area contributed by atoms with Crippen molar-refractivity contribution in [3.63, 3.8) is 0 Å². The second kappa shape index (κ2) is 7.40. The van der Waals surface area contributed by atoms with Gasteiger partial charge in [-0.15, -0.1) is 0 Å². The molecule has 0 aromatic heterocycles. The predicted molar refractivity (Wildman–Crippen MR) is 83.6 cm³/mol. The lowest BCUT2D eigenvalue weighted by Gasteiger charge is -2.08. The van der Waals surface area contributed by atoms with Crippen molar-refractivity contribution in [1.29, 1.82) is 0 Å². The number of aliphatic carboxylic acids is 1. The molecule has 0 amide bonds. The van der Waals surface area contributed by atoms with E-state index in [1.54, 1.807) is 43.5 Å². The Balaban J connectivity index is 2.27. The lowest BCUT2D eigenvalue weighted by Crippen LogP contribution is -2.06. The standard InChI is InChI=1S/C17H16FNO4/c1-23-13-5-2-11(3-6-13)14-7-4-12(10-15(14)18)16(19-22)8-9-17(20)21/h2-7,10,22H,8-9H2,1H3,(H,20,21). The van der Waals surface area contributed by atoms with E-state index >= 15 is 0 Å². The summed E-state index contributed by atoms with van der Waals surface area (Å²) in [5, 5.41) is 20.7. The fourth-order valence-electron chi connectivity index (χ4n) is 2.18. The topological polar surface area (TPSA) is 79.1 Å². The molecular weight excluding hydrogens is 301 g/mol. The van der Waals surface area contributed by atoms with Gasteiger partial charge in [0.15, 0.2) is 0 Å². The zero-order valence-electron chi connectivity index (χ0n) is 12.5. The van der Waals surface area contributed by atoms with Gasteiger partial charge in [-0.25, -0.2) is 4.39 Å². The van der Waals surface area contributed by atoms with Crippen molar-refractivity contribution < 1.29 is 24.2 Å². The van der Waals surface area contributed by atoms with Crippen LogP contribution in [0.4, 0.5) is 4.39 Å². The van der Waals surface area contributed by atoms with Gasteiger partial charge in [-0.1, -0.05) is 29.4 Å². The van der Waals surface area contributed by atoms with Crippen molar-refractivity contribution >= 4 is 11.7 Å². The number of carbonyl (C=O) groups is 1. The second-order valence-electron chi connectivity index (χ2n) is 4.86. The third kappa shape index (κ3) is 4.06. The number of halogens is 1. The molecule has 0 atom stereocenters. The Labute approximate surface area is 132 Å². The Kier molecular flexibility index (Phi) is 5.30. The molecule has 6 heteroatoms. The molecule has 2 rings (SSSR count). The highest BCUT2D eigenvalue weighted by atomic mass is 19.1. The molecule has 2 aromatic carbocycles. The van der Waals surface area contributed by atoms with Crippen LogP contribution < -0.4 is 4.74 Å². The van der Waals surface area contributed by atoms with E-state index in [0.29, 0.717) is 22.4 Å². The number of oxime groups is 1. The summed E-state index contributed by atoms with van der Waals surface area (Å²) in [5.74, 6) is -0.820. The van der Waals surface area contributed by atoms with Gasteiger partial charge in [0.05, 0.1) is 19.2 Å². The van der Waals surface area contributed by atoms with E-state index in [1.165, 1.54) is 6.07 Å². The molecule has 0 aliphatic rings. The van der Waals surface area contributed by atoms with Gasteiger partial charge in [-0.2, -0.15) is 0 Å². The van der Waals surface area contributed by atoms with Crippen LogP contribution in [-0.2, 0) is 4.79 Å². The normalized spacial score (nSPS) is 11.3. The van der Waals surface area contributed by atoms with E-state index < -0.39 is 11.8 Å². The molecule has 0 bridgehead atoms. The Morgan fingerprint density at radius 3 is 2.39 bits per heavy atom. The summed E-state index contributed by atoms with van der Waals surface area (Å²) < 4.78 is 19.4. The first-order chi connectivity index (χ1) is 11.0. The molecule has 23 heavy (non-hydrogen) atoms. The highest BCUT2D eigenvalue weighted by Gasteiger charge is 2.12. The van der Waals surface area contributed by atoms with Gasteiger partial charge in [0.25, 0.3) is 0 Å². The van der Waals surface area contributed by atoms with Crippen LogP contribution in [0, 0.1) is 5.82 Å². The molecular formula is C17H16FNO4. The SMILES string of the molecule is COc1ccc(-c2ccc(C(CCC(=O)O)=NO)cc2F)cc1. The van der Waals surface area contributed by atoms with Crippen LogP contribution in [-0.4, -0.2) is 29.1 Å². The molecule has 0 fully saturated rings. The fourth-order valence-corrected chi connectivity index (χ4v) is 2.18. The monoisotopic (exact) mass is 317 g/mol. The van der Waals surface area contributed by atoms with Crippen LogP contribution in [0.25, 0.3) is 11.1 Å². The predicted octanol–water partition coefficient (Wildman–Crippen LogP) is 3.54. The first-order valence-corrected chi connectivity index (χ1v) is 6.92. The van der Waals surface area contributed by atoms with E-state index in [9.17, 15) is 9.18 Å². The average Bonchev–Trinajstić information content (AvgIpc) is 2.55. The minimum atomic E-state index is -1.01. The van der Waals surface area contributed by atoms with Gasteiger partial charge >= 0.3 is 5.97 Å². The van der Waals surface area contributed by atoms with Crippen LogP contribution in [0.1, 0.15) is 18.4 Å². The summed E-state index contributed by atoms with van der Waals surface area (Å²) in [5.41, 5.74) is 1.56. The number of methoxy groups -OCH3 is 1. The van der Waals surface area contributed by atoms with Crippen LogP contribution in [0.5, 0.6) is 5.75 Å². The van der Waals surface area contributed by atoms with Crippen molar-refractivity contribution in [3.8, 4) is 16.9 Å². The lowest BCUT2D eigenvalue weighted by molar-refractivity contribution is -0.136. The number of rotatable bonds is 6. The molecule has 0 aliphatic carbocycles. The summed E-state index contributed by atoms with van der Waals surface area (Å²) >= 11 is 0. The number of nitrogens with zero attached hydrogens (tertiary/aromatic N) is 1. The minimum absolute atomic E-state index is 0.0210. The number of benzene rings is 2. The zero-order chi connectivity index (χ0) is 16.8. The summed E-state index contributed by atoms with van der Waals surface area (Å²) in [4.78, 5) is 10.6. The van der Waals surface area contributed by atoms with E-state index in [2.05, 4.69) is 5.16 Å². The number of carboxylic acids is 1. The van der Waals surface area contributed by atoms with Gasteiger partial charge in [0.1, 0.15) is 11.6 Å². The molecule has 0 aliphatic heterocycles. The van der Waals surface area contributed by atoms with Crippen molar-refractivity contribution in [1.82, 2.24) is 0 Å². The quantitative estimate of drug-likeness (QED) is 0.485. The molecule has 5 nitrogen and oxygen atoms in total. The maximum Gasteiger partial charge on any atom is 0.303 e. The van der Waals surface area contributed by atoms with Gasteiger partial charge in [-0.3, -0.25) is 4.79 Å². The molecule has 2 aromatic rings. The van der Waals surface area contributed by atoms with Crippen LogP contribution in [0.2, 0.25) is 0 Å². The largest absolute Gasteiger partial charge is 0.497 e. The van der Waals surface area contributed by atoms with E-state index in [1.807, 2.05) is 0 Å². The summed E-state index contributed by atoms with van der Waals surface area (Å²) in [6.45, 7) is 0. The molecule has 0 spiro atoms. The first-order valence-electron chi connectivity index (χ1n) is 6.92. The molecule has 2 N–H and O–H groups in total. The highest BCUT2D eigenvalue weighted by molar-refractivity contribution is 6.01. The van der Waals surface area contributed by atoms with Gasteiger partial charge in [0.2, 0.25) is 0 Å². The Bertz CT molecular complexity index is 726. The maximum absolute atomic E-state index is 14.3. The van der Waals surface area contributed by atoms with Crippen molar-refractivity contribution in [2.75, 3.05) is 7.11 Å². The Hall–Kier alpha value is -2.89. The van der Waals surface area contributed by atoms with E-state index in [-0.39, 0.29) is 18.6 Å². The fraction of sp³-hybridized carbons (Fsp3) is 0.176. The molecule has 0 saturated heterocycles. The molecule has 0 heterocycles. The van der Waals surface area contributed by atoms with Crippen LogP contribution >= 0.6 is 0 Å². The highest BCUT2D eigenvalue weighted by Crippen LogP contribution is 2.26. The van der Waals surface area contributed by atoms with Crippen molar-refractivity contribution in [3.05, 3.63) is 53.8 Å². The minimum Gasteiger partial charge on any atom is -0.497 e. The first kappa shape index (κ1) is 16.5. The molecule has 120 valence electrons. The van der Waals surface area contributed by atoms with Gasteiger partial charge in [-0.05, 0) is 23.8 Å². The lowest BCUT2D eigenvalue weighted by atomic mass is 9.99. The third-order valence-corrected chi connectivity index (χ3v) is 3.40. The zero-order valence-corrected chi connectivity index (χ0v) is 12.5. The third-order valence-electron chi connectivity index (χ3n) is 3.40. The number of ether oxygens (including phenoxy) is 1. The number of hydrogen-bond donors (Lipinski definition) is 2. The number of hydrogen-bond acceptors (Lipinski definition) is 4. The average molecular weight is 317 g/mol.